The van der Waals surface area contributed by atoms with Gasteiger partial charge < -0.3 is 15.0 Å². The van der Waals surface area contributed by atoms with Crippen molar-refractivity contribution >= 4 is 5.91 Å². The predicted molar refractivity (Wildman–Crippen MR) is 111 cm³/mol. The van der Waals surface area contributed by atoms with Gasteiger partial charge in [-0.3, -0.25) is 14.5 Å². The Morgan fingerprint density at radius 1 is 1.20 bits per heavy atom. The molecule has 160 valence electrons. The van der Waals surface area contributed by atoms with Gasteiger partial charge in [-0.05, 0) is 49.9 Å². The molecule has 7 nitrogen and oxygen atoms in total. The summed E-state index contributed by atoms with van der Waals surface area (Å²) in [6, 6.07) is 5.89. The minimum atomic E-state index is -0.335. The summed E-state index contributed by atoms with van der Waals surface area (Å²) in [6.45, 7) is 4.74. The molecule has 2 aromatic rings. The lowest BCUT2D eigenvalue weighted by Gasteiger charge is -2.26. The number of rotatable bonds is 5. The Hall–Kier alpha value is -2.58. The first kappa shape index (κ1) is 20.7. The largest absolute Gasteiger partial charge is 0.379 e. The zero-order valence-electron chi connectivity index (χ0n) is 17.0. The molecule has 1 unspecified atom stereocenters. The lowest BCUT2D eigenvalue weighted by atomic mass is 9.99. The van der Waals surface area contributed by atoms with Crippen molar-refractivity contribution in [1.29, 1.82) is 0 Å². The fourth-order valence-electron chi connectivity index (χ4n) is 4.10. The maximum absolute atomic E-state index is 13.2. The van der Waals surface area contributed by atoms with E-state index in [0.717, 1.165) is 38.5 Å². The second kappa shape index (κ2) is 9.49. The van der Waals surface area contributed by atoms with Gasteiger partial charge in [0.15, 0.2) is 0 Å². The highest BCUT2D eigenvalue weighted by Crippen LogP contribution is 2.23. The van der Waals surface area contributed by atoms with E-state index < -0.39 is 0 Å². The van der Waals surface area contributed by atoms with Crippen LogP contribution in [0.3, 0.4) is 0 Å². The molecule has 1 aromatic carbocycles. The summed E-state index contributed by atoms with van der Waals surface area (Å²) in [5, 5.41) is 3.05. The van der Waals surface area contributed by atoms with Crippen molar-refractivity contribution in [3.05, 3.63) is 51.7 Å². The minimum Gasteiger partial charge on any atom is -0.379 e. The van der Waals surface area contributed by atoms with Crippen molar-refractivity contribution in [2.45, 2.75) is 25.7 Å². The summed E-state index contributed by atoms with van der Waals surface area (Å²) in [4.78, 5) is 35.0. The van der Waals surface area contributed by atoms with Crippen LogP contribution in [0, 0.1) is 11.7 Å². The number of aryl methyl sites for hydroxylation is 1. The topological polar surface area (TPSA) is 87.3 Å². The van der Waals surface area contributed by atoms with Gasteiger partial charge in [0.2, 0.25) is 5.91 Å². The van der Waals surface area contributed by atoms with Crippen molar-refractivity contribution in [3.8, 4) is 11.4 Å². The summed E-state index contributed by atoms with van der Waals surface area (Å²) in [7, 11) is 0. The number of H-pyrrole nitrogens is 1. The van der Waals surface area contributed by atoms with Crippen LogP contribution in [0.4, 0.5) is 4.39 Å². The molecule has 0 spiro atoms. The van der Waals surface area contributed by atoms with E-state index in [0.29, 0.717) is 49.2 Å². The van der Waals surface area contributed by atoms with E-state index in [4.69, 9.17) is 4.74 Å². The van der Waals surface area contributed by atoms with E-state index in [9.17, 15) is 14.0 Å². The molecule has 1 aliphatic heterocycles. The number of nitrogens with one attached hydrogen (secondary N) is 2. The summed E-state index contributed by atoms with van der Waals surface area (Å²) >= 11 is 0. The third kappa shape index (κ3) is 4.94. The highest BCUT2D eigenvalue weighted by atomic mass is 19.1. The molecule has 2 aliphatic rings. The van der Waals surface area contributed by atoms with Crippen LogP contribution < -0.4 is 10.9 Å². The Labute approximate surface area is 174 Å². The van der Waals surface area contributed by atoms with Gasteiger partial charge in [0.1, 0.15) is 11.6 Å². The summed E-state index contributed by atoms with van der Waals surface area (Å²) in [6.07, 6.45) is 2.41. The Morgan fingerprint density at radius 2 is 1.93 bits per heavy atom. The van der Waals surface area contributed by atoms with Gasteiger partial charge in [0, 0.05) is 43.2 Å². The van der Waals surface area contributed by atoms with Crippen LogP contribution in [0.2, 0.25) is 0 Å². The number of nitrogens with zero attached hydrogens (tertiary/aromatic N) is 2. The number of halogens is 1. The molecule has 1 amide bonds. The smallest absolute Gasteiger partial charge is 0.254 e. The minimum absolute atomic E-state index is 0.0475. The van der Waals surface area contributed by atoms with Crippen LogP contribution in [-0.4, -0.2) is 60.2 Å². The number of carbonyl (C=O) groups excluding carboxylic acids is 1. The first-order chi connectivity index (χ1) is 14.6. The van der Waals surface area contributed by atoms with Gasteiger partial charge in [0.05, 0.1) is 18.9 Å². The third-order valence-electron chi connectivity index (χ3n) is 5.89. The van der Waals surface area contributed by atoms with Gasteiger partial charge in [0.25, 0.3) is 5.56 Å². The predicted octanol–water partition coefficient (Wildman–Crippen LogP) is 1.52. The average molecular weight is 414 g/mol. The fraction of sp³-hybridized carbons (Fsp3) is 0.500. The van der Waals surface area contributed by atoms with Gasteiger partial charge in [-0.1, -0.05) is 0 Å². The lowest BCUT2D eigenvalue weighted by molar-refractivity contribution is -0.125. The van der Waals surface area contributed by atoms with Crippen molar-refractivity contribution in [3.63, 3.8) is 0 Å². The van der Waals surface area contributed by atoms with Crippen LogP contribution in [0.5, 0.6) is 0 Å². The molecule has 2 heterocycles. The van der Waals surface area contributed by atoms with Crippen LogP contribution in [0.25, 0.3) is 11.4 Å². The number of ether oxygens (including phenoxy) is 1. The molecular weight excluding hydrogens is 387 g/mol. The van der Waals surface area contributed by atoms with Gasteiger partial charge in [-0.2, -0.15) is 0 Å². The molecule has 1 saturated heterocycles. The van der Waals surface area contributed by atoms with Crippen LogP contribution in [0.15, 0.2) is 29.1 Å². The molecule has 2 N–H and O–H groups in total. The number of benzene rings is 1. The second-order valence-electron chi connectivity index (χ2n) is 7.87. The number of carbonyl (C=O) groups is 1. The third-order valence-corrected chi connectivity index (χ3v) is 5.89. The number of hydrogen-bond donors (Lipinski definition) is 2. The van der Waals surface area contributed by atoms with Crippen molar-refractivity contribution in [2.75, 3.05) is 39.4 Å². The SMILES string of the molecule is O=C(NCCN1CCOCC1)C1CCc2nc(-c3ccc(F)cc3)[nH]c(=O)c2CC1. The van der Waals surface area contributed by atoms with Gasteiger partial charge >= 0.3 is 0 Å². The Morgan fingerprint density at radius 3 is 2.70 bits per heavy atom. The first-order valence-electron chi connectivity index (χ1n) is 10.6. The standard InChI is InChI=1S/C22H27FN4O3/c23-17-5-1-15(2-6-17)20-25-19-8-4-16(3-7-18(19)22(29)26-20)21(28)24-9-10-27-11-13-30-14-12-27/h1-2,5-6,16H,3-4,7-14H2,(H,24,28)(H,25,26,29). The van der Waals surface area contributed by atoms with E-state index in [1.165, 1.54) is 12.1 Å². The number of amides is 1. The molecule has 0 saturated carbocycles. The van der Waals surface area contributed by atoms with Crippen molar-refractivity contribution < 1.29 is 13.9 Å². The Kier molecular flexibility index (Phi) is 6.54. The van der Waals surface area contributed by atoms with E-state index in [2.05, 4.69) is 20.2 Å². The molecule has 1 aliphatic carbocycles. The molecule has 4 rings (SSSR count). The van der Waals surface area contributed by atoms with E-state index in [1.54, 1.807) is 12.1 Å². The summed E-state index contributed by atoms with van der Waals surface area (Å²) in [5.74, 6) is 0.0225. The average Bonchev–Trinajstić information content (AvgIpc) is 2.98. The first-order valence-corrected chi connectivity index (χ1v) is 10.6. The molecule has 1 aromatic heterocycles. The zero-order chi connectivity index (χ0) is 20.9. The highest BCUT2D eigenvalue weighted by Gasteiger charge is 2.25. The maximum Gasteiger partial charge on any atom is 0.254 e. The number of morpholine rings is 1. The Balaban J connectivity index is 1.37. The lowest BCUT2D eigenvalue weighted by Crippen LogP contribution is -2.42. The summed E-state index contributed by atoms with van der Waals surface area (Å²) in [5.41, 5.74) is 1.89. The van der Waals surface area contributed by atoms with Crippen LogP contribution in [0.1, 0.15) is 24.1 Å². The molecule has 1 fully saturated rings. The highest BCUT2D eigenvalue weighted by molar-refractivity contribution is 5.78. The normalized spacial score (nSPS) is 19.7. The van der Waals surface area contributed by atoms with E-state index in [1.807, 2.05) is 0 Å². The number of aromatic amines is 1. The maximum atomic E-state index is 13.2. The number of aromatic nitrogens is 2. The van der Waals surface area contributed by atoms with Crippen LogP contribution >= 0.6 is 0 Å². The quantitative estimate of drug-likeness (QED) is 0.725. The molecular formula is C22H27FN4O3. The number of fused-ring (bicyclic) bond motifs is 1. The molecule has 0 bridgehead atoms. The monoisotopic (exact) mass is 414 g/mol. The zero-order valence-corrected chi connectivity index (χ0v) is 17.0. The van der Waals surface area contributed by atoms with E-state index >= 15 is 0 Å². The van der Waals surface area contributed by atoms with Gasteiger partial charge in [-0.15, -0.1) is 0 Å². The van der Waals surface area contributed by atoms with Crippen LogP contribution in [-0.2, 0) is 22.4 Å². The molecule has 1 atom stereocenters. The van der Waals surface area contributed by atoms with Crippen molar-refractivity contribution in [1.82, 2.24) is 20.2 Å². The Bertz CT molecular complexity index is 938. The van der Waals surface area contributed by atoms with Gasteiger partial charge in [-0.25, -0.2) is 9.37 Å². The van der Waals surface area contributed by atoms with Crippen molar-refractivity contribution in [2.24, 2.45) is 5.92 Å². The molecule has 0 radical (unpaired) electrons. The van der Waals surface area contributed by atoms with E-state index in [-0.39, 0.29) is 23.2 Å². The molecule has 8 heteroatoms. The summed E-state index contributed by atoms with van der Waals surface area (Å²) < 4.78 is 18.5. The number of hydrogen-bond acceptors (Lipinski definition) is 5. The second-order valence-corrected chi connectivity index (χ2v) is 7.87. The molecule has 30 heavy (non-hydrogen) atoms. The fourth-order valence-corrected chi connectivity index (χ4v) is 4.10.